The van der Waals surface area contributed by atoms with Crippen LogP contribution in [0.2, 0.25) is 0 Å². The fourth-order valence-corrected chi connectivity index (χ4v) is 4.39. The number of hydrogen-bond donors (Lipinski definition) is 1. The molecule has 0 radical (unpaired) electrons. The Hall–Kier alpha value is -3.40. The molecule has 0 saturated heterocycles. The van der Waals surface area contributed by atoms with Crippen LogP contribution in [0.3, 0.4) is 0 Å². The van der Waals surface area contributed by atoms with Gasteiger partial charge in [-0.2, -0.15) is 4.98 Å². The molecule has 0 aliphatic carbocycles. The van der Waals surface area contributed by atoms with E-state index in [0.717, 1.165) is 11.1 Å². The number of carbonyl (C=O) groups is 1. The average molecular weight is 442 g/mol. The van der Waals surface area contributed by atoms with Crippen LogP contribution in [0, 0.1) is 6.92 Å². The summed E-state index contributed by atoms with van der Waals surface area (Å²) in [6.07, 6.45) is -1.00. The van der Waals surface area contributed by atoms with Crippen molar-refractivity contribution in [2.45, 2.75) is 26.5 Å². The number of fused-ring (bicyclic) bond motifs is 1. The molecule has 10 heteroatoms. The van der Waals surface area contributed by atoms with E-state index in [4.69, 9.17) is 9.26 Å². The number of nitrogens with zero attached hydrogens (tertiary/aromatic N) is 3. The third-order valence-corrected chi connectivity index (χ3v) is 6.63. The Balaban J connectivity index is 1.46. The zero-order valence-corrected chi connectivity index (χ0v) is 17.9. The smallest absolute Gasteiger partial charge is 0.263 e. The molecular weight excluding hydrogens is 420 g/mol. The summed E-state index contributed by atoms with van der Waals surface area (Å²) in [6, 6.07) is 14.4. The van der Waals surface area contributed by atoms with Gasteiger partial charge in [-0.25, -0.2) is 8.42 Å². The number of aromatic nitrogens is 2. The average Bonchev–Trinajstić information content (AvgIpc) is 3.26. The van der Waals surface area contributed by atoms with Crippen molar-refractivity contribution < 1.29 is 22.5 Å². The molecule has 2 heterocycles. The number of para-hydroxylation sites is 2. The van der Waals surface area contributed by atoms with Gasteiger partial charge in [0.05, 0.1) is 24.5 Å². The van der Waals surface area contributed by atoms with Crippen LogP contribution in [0.1, 0.15) is 18.4 Å². The Labute approximate surface area is 180 Å². The molecule has 1 atom stereocenters. The minimum Gasteiger partial charge on any atom is -0.476 e. The molecule has 162 valence electrons. The number of carbonyl (C=O) groups excluding carboxylic acids is 1. The van der Waals surface area contributed by atoms with Crippen molar-refractivity contribution >= 4 is 21.6 Å². The highest BCUT2D eigenvalue weighted by atomic mass is 32.2. The highest BCUT2D eigenvalue weighted by Gasteiger charge is 2.35. The molecule has 1 aliphatic heterocycles. The summed E-state index contributed by atoms with van der Waals surface area (Å²) in [5.74, 6) is 0.445. The van der Waals surface area contributed by atoms with Crippen LogP contribution in [0.4, 0.5) is 5.69 Å². The quantitative estimate of drug-likeness (QED) is 0.623. The Morgan fingerprint density at radius 2 is 2.03 bits per heavy atom. The summed E-state index contributed by atoms with van der Waals surface area (Å²) in [6.45, 7) is 3.41. The summed E-state index contributed by atoms with van der Waals surface area (Å²) in [4.78, 5) is 17.0. The van der Waals surface area contributed by atoms with Crippen LogP contribution in [-0.4, -0.2) is 42.9 Å². The maximum Gasteiger partial charge on any atom is 0.263 e. The van der Waals surface area contributed by atoms with Gasteiger partial charge in [0.2, 0.25) is 21.7 Å². The molecule has 1 aliphatic rings. The van der Waals surface area contributed by atoms with Crippen molar-refractivity contribution in [3.8, 4) is 17.1 Å². The summed E-state index contributed by atoms with van der Waals surface area (Å²) in [5.41, 5.74) is 2.31. The number of amides is 1. The van der Waals surface area contributed by atoms with Gasteiger partial charge >= 0.3 is 0 Å². The summed E-state index contributed by atoms with van der Waals surface area (Å²) < 4.78 is 37.3. The van der Waals surface area contributed by atoms with Gasteiger partial charge in [0.25, 0.3) is 5.91 Å². The first-order chi connectivity index (χ1) is 14.9. The van der Waals surface area contributed by atoms with Crippen molar-refractivity contribution in [2.75, 3.05) is 16.6 Å². The van der Waals surface area contributed by atoms with Crippen molar-refractivity contribution in [3.05, 3.63) is 60.0 Å². The van der Waals surface area contributed by atoms with Crippen LogP contribution in [0.25, 0.3) is 11.4 Å². The predicted molar refractivity (Wildman–Crippen MR) is 114 cm³/mol. The van der Waals surface area contributed by atoms with E-state index in [1.54, 1.807) is 31.2 Å². The highest BCUT2D eigenvalue weighted by Crippen LogP contribution is 2.35. The molecule has 1 amide bonds. The Kier molecular flexibility index (Phi) is 5.64. The van der Waals surface area contributed by atoms with Gasteiger partial charge in [-0.15, -0.1) is 0 Å². The summed E-state index contributed by atoms with van der Waals surface area (Å²) in [7, 11) is -3.57. The number of anilines is 1. The number of benzene rings is 2. The zero-order valence-electron chi connectivity index (χ0n) is 17.1. The van der Waals surface area contributed by atoms with Crippen LogP contribution < -0.4 is 14.4 Å². The number of aryl methyl sites for hydroxylation is 1. The van der Waals surface area contributed by atoms with Crippen LogP contribution in [0.5, 0.6) is 5.75 Å². The molecule has 0 unspecified atom stereocenters. The zero-order chi connectivity index (χ0) is 22.0. The van der Waals surface area contributed by atoms with E-state index in [0.29, 0.717) is 17.3 Å². The fourth-order valence-electron chi connectivity index (χ4n) is 3.26. The SMILES string of the molecule is CCS(=O)(=O)N1C[C@H](C(=O)NCc2nc(-c3cccc(C)c3)no2)Oc2ccccc21. The Morgan fingerprint density at radius 1 is 1.23 bits per heavy atom. The van der Waals surface area contributed by atoms with Crippen molar-refractivity contribution in [2.24, 2.45) is 0 Å². The number of ether oxygens (including phenoxy) is 1. The van der Waals surface area contributed by atoms with Crippen molar-refractivity contribution in [1.82, 2.24) is 15.5 Å². The summed E-state index contributed by atoms with van der Waals surface area (Å²) in [5, 5.41) is 6.63. The molecule has 3 aromatic rings. The topological polar surface area (TPSA) is 115 Å². The minimum atomic E-state index is -3.57. The van der Waals surface area contributed by atoms with E-state index in [-0.39, 0.29) is 24.7 Å². The number of rotatable bonds is 6. The Morgan fingerprint density at radius 3 is 2.81 bits per heavy atom. The number of nitrogens with one attached hydrogen (secondary N) is 1. The molecule has 0 fully saturated rings. The predicted octanol–water partition coefficient (Wildman–Crippen LogP) is 2.28. The highest BCUT2D eigenvalue weighted by molar-refractivity contribution is 7.92. The maximum absolute atomic E-state index is 12.7. The number of sulfonamides is 1. The van der Waals surface area contributed by atoms with E-state index in [1.807, 2.05) is 31.2 Å². The van der Waals surface area contributed by atoms with E-state index >= 15 is 0 Å². The Bertz CT molecular complexity index is 1210. The monoisotopic (exact) mass is 442 g/mol. The molecule has 0 saturated carbocycles. The van der Waals surface area contributed by atoms with E-state index in [2.05, 4.69) is 15.5 Å². The summed E-state index contributed by atoms with van der Waals surface area (Å²) >= 11 is 0. The molecule has 0 spiro atoms. The maximum atomic E-state index is 12.7. The normalized spacial score (nSPS) is 15.8. The molecular formula is C21H22N4O5S. The second-order valence-corrected chi connectivity index (χ2v) is 9.29. The second-order valence-electron chi connectivity index (χ2n) is 7.10. The van der Waals surface area contributed by atoms with E-state index in [9.17, 15) is 13.2 Å². The molecule has 1 aromatic heterocycles. The number of hydrogen-bond acceptors (Lipinski definition) is 7. The van der Waals surface area contributed by atoms with Gasteiger partial charge in [0, 0.05) is 5.56 Å². The lowest BCUT2D eigenvalue weighted by molar-refractivity contribution is -0.128. The third kappa shape index (κ3) is 4.38. The lowest BCUT2D eigenvalue weighted by atomic mass is 10.1. The largest absolute Gasteiger partial charge is 0.476 e. The van der Waals surface area contributed by atoms with Crippen LogP contribution >= 0.6 is 0 Å². The van der Waals surface area contributed by atoms with Gasteiger partial charge in [-0.05, 0) is 32.0 Å². The second kappa shape index (κ2) is 8.38. The first-order valence-electron chi connectivity index (χ1n) is 9.81. The molecule has 1 N–H and O–H groups in total. The first-order valence-corrected chi connectivity index (χ1v) is 11.4. The first kappa shape index (κ1) is 20.9. The van der Waals surface area contributed by atoms with Crippen LogP contribution in [0.15, 0.2) is 53.1 Å². The molecule has 2 aromatic carbocycles. The molecule has 31 heavy (non-hydrogen) atoms. The van der Waals surface area contributed by atoms with Crippen molar-refractivity contribution in [3.63, 3.8) is 0 Å². The van der Waals surface area contributed by atoms with Gasteiger partial charge in [-0.3, -0.25) is 9.10 Å². The van der Waals surface area contributed by atoms with Gasteiger partial charge in [0.1, 0.15) is 5.75 Å². The van der Waals surface area contributed by atoms with Gasteiger partial charge in [-0.1, -0.05) is 41.1 Å². The minimum absolute atomic E-state index is 0.000314. The molecule has 0 bridgehead atoms. The van der Waals surface area contributed by atoms with Crippen LogP contribution in [-0.2, 0) is 21.4 Å². The van der Waals surface area contributed by atoms with Crippen molar-refractivity contribution in [1.29, 1.82) is 0 Å². The lowest BCUT2D eigenvalue weighted by Crippen LogP contribution is -2.50. The molecule has 9 nitrogen and oxygen atoms in total. The van der Waals surface area contributed by atoms with E-state index < -0.39 is 22.0 Å². The van der Waals surface area contributed by atoms with Gasteiger partial charge in [0.15, 0.2) is 6.10 Å². The standard InChI is InChI=1S/C21H22N4O5S/c1-3-31(27,28)25-13-18(29-17-10-5-4-9-16(17)25)21(26)22-12-19-23-20(24-30-19)15-8-6-7-14(2)11-15/h4-11,18H,3,12-13H2,1-2H3,(H,22,26)/t18-/m1/s1. The van der Waals surface area contributed by atoms with E-state index in [1.165, 1.54) is 4.31 Å². The van der Waals surface area contributed by atoms with Gasteiger partial charge < -0.3 is 14.6 Å². The third-order valence-electron chi connectivity index (χ3n) is 4.89. The molecule has 4 rings (SSSR count). The fraction of sp³-hybridized carbons (Fsp3) is 0.286. The lowest BCUT2D eigenvalue weighted by Gasteiger charge is -2.34.